The van der Waals surface area contributed by atoms with Crippen molar-refractivity contribution in [3.63, 3.8) is 0 Å². The first-order chi connectivity index (χ1) is 9.69. The second-order valence-corrected chi connectivity index (χ2v) is 5.55. The number of hydrogen-bond donors (Lipinski definition) is 1. The maximum Gasteiger partial charge on any atom is 0.153 e. The Kier molecular flexibility index (Phi) is 5.30. The highest BCUT2D eigenvalue weighted by molar-refractivity contribution is 5.30. The average molecular weight is 272 g/mol. The van der Waals surface area contributed by atoms with Crippen LogP contribution in [0.5, 0.6) is 0 Å². The SMILES string of the molecule is CCCc1cc(CNCC(C)C)cc(-n2cccn2)n1. The first kappa shape index (κ1) is 14.7. The van der Waals surface area contributed by atoms with Crippen molar-refractivity contribution in [1.82, 2.24) is 20.1 Å². The van der Waals surface area contributed by atoms with Gasteiger partial charge in [-0.05, 0) is 42.6 Å². The van der Waals surface area contributed by atoms with E-state index >= 15 is 0 Å². The van der Waals surface area contributed by atoms with Gasteiger partial charge in [-0.15, -0.1) is 0 Å². The van der Waals surface area contributed by atoms with Crippen LogP contribution in [0.4, 0.5) is 0 Å². The lowest BCUT2D eigenvalue weighted by atomic mass is 10.1. The summed E-state index contributed by atoms with van der Waals surface area (Å²) in [4.78, 5) is 4.68. The molecule has 108 valence electrons. The number of nitrogens with one attached hydrogen (secondary N) is 1. The molecule has 0 fully saturated rings. The summed E-state index contributed by atoms with van der Waals surface area (Å²) in [5.74, 6) is 1.57. The predicted octanol–water partition coefficient (Wildman–Crippen LogP) is 2.97. The monoisotopic (exact) mass is 272 g/mol. The van der Waals surface area contributed by atoms with Crippen LogP contribution in [0.15, 0.2) is 30.6 Å². The molecule has 0 bridgehead atoms. The van der Waals surface area contributed by atoms with Crippen molar-refractivity contribution in [3.8, 4) is 5.82 Å². The van der Waals surface area contributed by atoms with Crippen molar-refractivity contribution in [2.24, 2.45) is 5.92 Å². The highest BCUT2D eigenvalue weighted by Gasteiger charge is 2.05. The minimum absolute atomic E-state index is 0.664. The zero-order valence-corrected chi connectivity index (χ0v) is 12.6. The van der Waals surface area contributed by atoms with Gasteiger partial charge in [0.05, 0.1) is 0 Å². The lowest BCUT2D eigenvalue weighted by molar-refractivity contribution is 0.551. The van der Waals surface area contributed by atoms with Crippen LogP contribution < -0.4 is 5.32 Å². The van der Waals surface area contributed by atoms with E-state index < -0.39 is 0 Å². The van der Waals surface area contributed by atoms with Crippen LogP contribution in [-0.4, -0.2) is 21.3 Å². The minimum Gasteiger partial charge on any atom is -0.312 e. The first-order valence-corrected chi connectivity index (χ1v) is 7.39. The topological polar surface area (TPSA) is 42.7 Å². The molecule has 4 heteroatoms. The van der Waals surface area contributed by atoms with Gasteiger partial charge in [-0.2, -0.15) is 5.10 Å². The standard InChI is InChI=1S/C16H24N4/c1-4-6-15-9-14(12-17-11-13(2)3)10-16(19-15)20-8-5-7-18-20/h5,7-10,13,17H,4,6,11-12H2,1-3H3. The van der Waals surface area contributed by atoms with E-state index in [1.807, 2.05) is 16.9 Å². The summed E-state index contributed by atoms with van der Waals surface area (Å²) in [5, 5.41) is 7.76. The summed E-state index contributed by atoms with van der Waals surface area (Å²) in [6, 6.07) is 6.23. The molecule has 0 unspecified atom stereocenters. The Morgan fingerprint density at radius 2 is 2.15 bits per heavy atom. The Morgan fingerprint density at radius 1 is 1.30 bits per heavy atom. The van der Waals surface area contributed by atoms with E-state index in [0.717, 1.165) is 37.4 Å². The maximum atomic E-state index is 4.68. The van der Waals surface area contributed by atoms with Crippen LogP contribution >= 0.6 is 0 Å². The highest BCUT2D eigenvalue weighted by atomic mass is 15.3. The van der Waals surface area contributed by atoms with E-state index in [9.17, 15) is 0 Å². The number of pyridine rings is 1. The van der Waals surface area contributed by atoms with Gasteiger partial charge >= 0.3 is 0 Å². The van der Waals surface area contributed by atoms with Crippen molar-refractivity contribution >= 4 is 0 Å². The number of rotatable bonds is 7. The Bertz CT molecular complexity index is 517. The molecule has 0 aliphatic carbocycles. The summed E-state index contributed by atoms with van der Waals surface area (Å²) in [5.41, 5.74) is 2.41. The molecule has 0 atom stereocenters. The van der Waals surface area contributed by atoms with Gasteiger partial charge in [-0.1, -0.05) is 27.2 Å². The molecular formula is C16H24N4. The van der Waals surface area contributed by atoms with Crippen LogP contribution in [-0.2, 0) is 13.0 Å². The second kappa shape index (κ2) is 7.20. The third-order valence-corrected chi connectivity index (χ3v) is 3.05. The van der Waals surface area contributed by atoms with E-state index in [4.69, 9.17) is 0 Å². The minimum atomic E-state index is 0.664. The molecule has 4 nitrogen and oxygen atoms in total. The van der Waals surface area contributed by atoms with Crippen molar-refractivity contribution in [2.45, 2.75) is 40.2 Å². The van der Waals surface area contributed by atoms with E-state index in [0.29, 0.717) is 5.92 Å². The van der Waals surface area contributed by atoms with Crippen molar-refractivity contribution in [3.05, 3.63) is 41.9 Å². The van der Waals surface area contributed by atoms with E-state index in [1.54, 1.807) is 6.20 Å². The zero-order chi connectivity index (χ0) is 14.4. The van der Waals surface area contributed by atoms with E-state index in [2.05, 4.69) is 48.3 Å². The Labute approximate surface area is 121 Å². The fraction of sp³-hybridized carbons (Fsp3) is 0.500. The molecule has 2 heterocycles. The van der Waals surface area contributed by atoms with Crippen LogP contribution in [0.2, 0.25) is 0 Å². The van der Waals surface area contributed by atoms with Gasteiger partial charge < -0.3 is 5.32 Å². The van der Waals surface area contributed by atoms with Crippen LogP contribution in [0.1, 0.15) is 38.4 Å². The molecule has 1 N–H and O–H groups in total. The van der Waals surface area contributed by atoms with Gasteiger partial charge in [0, 0.05) is 24.6 Å². The first-order valence-electron chi connectivity index (χ1n) is 7.39. The Balaban J connectivity index is 2.17. The van der Waals surface area contributed by atoms with Crippen LogP contribution in [0, 0.1) is 5.92 Å². The molecule has 0 saturated carbocycles. The maximum absolute atomic E-state index is 4.68. The third-order valence-electron chi connectivity index (χ3n) is 3.05. The third kappa shape index (κ3) is 4.17. The molecule has 20 heavy (non-hydrogen) atoms. The van der Waals surface area contributed by atoms with Gasteiger partial charge in [0.15, 0.2) is 5.82 Å². The summed E-state index contributed by atoms with van der Waals surface area (Å²) >= 11 is 0. The van der Waals surface area contributed by atoms with E-state index in [1.165, 1.54) is 5.56 Å². The number of aryl methyl sites for hydroxylation is 1. The molecule has 0 aliphatic heterocycles. The zero-order valence-electron chi connectivity index (χ0n) is 12.6. The molecule has 0 aliphatic rings. The number of nitrogens with zero attached hydrogens (tertiary/aromatic N) is 3. The summed E-state index contributed by atoms with van der Waals surface area (Å²) < 4.78 is 1.82. The lowest BCUT2D eigenvalue weighted by Crippen LogP contribution is -2.19. The summed E-state index contributed by atoms with van der Waals surface area (Å²) in [6.07, 6.45) is 5.83. The quantitative estimate of drug-likeness (QED) is 0.842. The fourth-order valence-electron chi connectivity index (χ4n) is 2.15. The Morgan fingerprint density at radius 3 is 2.80 bits per heavy atom. The molecule has 0 aromatic carbocycles. The summed E-state index contributed by atoms with van der Waals surface area (Å²) in [7, 11) is 0. The van der Waals surface area contributed by atoms with Crippen molar-refractivity contribution in [2.75, 3.05) is 6.54 Å². The van der Waals surface area contributed by atoms with Crippen molar-refractivity contribution < 1.29 is 0 Å². The second-order valence-electron chi connectivity index (χ2n) is 5.55. The number of hydrogen-bond acceptors (Lipinski definition) is 3. The van der Waals surface area contributed by atoms with Crippen LogP contribution in [0.25, 0.3) is 5.82 Å². The van der Waals surface area contributed by atoms with Gasteiger partial charge in [-0.25, -0.2) is 9.67 Å². The molecule has 0 spiro atoms. The van der Waals surface area contributed by atoms with Gasteiger partial charge in [-0.3, -0.25) is 0 Å². The molecule has 0 saturated heterocycles. The normalized spacial score (nSPS) is 11.2. The van der Waals surface area contributed by atoms with Gasteiger partial charge in [0.25, 0.3) is 0 Å². The van der Waals surface area contributed by atoms with Crippen LogP contribution in [0.3, 0.4) is 0 Å². The predicted molar refractivity (Wildman–Crippen MR) is 81.9 cm³/mol. The Hall–Kier alpha value is -1.68. The lowest BCUT2D eigenvalue weighted by Gasteiger charge is -2.11. The largest absolute Gasteiger partial charge is 0.312 e. The molecule has 2 aromatic rings. The molecule has 0 amide bonds. The van der Waals surface area contributed by atoms with E-state index in [-0.39, 0.29) is 0 Å². The average Bonchev–Trinajstić information content (AvgIpc) is 2.92. The van der Waals surface area contributed by atoms with Gasteiger partial charge in [0.2, 0.25) is 0 Å². The molecule has 2 rings (SSSR count). The molecular weight excluding hydrogens is 248 g/mol. The van der Waals surface area contributed by atoms with Crippen molar-refractivity contribution in [1.29, 1.82) is 0 Å². The number of aromatic nitrogens is 3. The smallest absolute Gasteiger partial charge is 0.153 e. The summed E-state index contributed by atoms with van der Waals surface area (Å²) in [6.45, 7) is 8.53. The highest BCUT2D eigenvalue weighted by Crippen LogP contribution is 2.11. The van der Waals surface area contributed by atoms with Gasteiger partial charge in [0.1, 0.15) is 0 Å². The molecule has 0 radical (unpaired) electrons. The fourth-order valence-corrected chi connectivity index (χ4v) is 2.15. The molecule has 2 aromatic heterocycles.